The first-order chi connectivity index (χ1) is 10.7. The number of anilines is 1. The SMILES string of the molecule is CSc1cc(N)nc(SCc2cc(C3CCCC3)ccn2)n1. The number of pyridine rings is 1. The monoisotopic (exact) mass is 332 g/mol. The smallest absolute Gasteiger partial charge is 0.190 e. The normalized spacial score (nSPS) is 15.3. The molecule has 0 aromatic carbocycles. The van der Waals surface area contributed by atoms with Crippen LogP contribution in [0.4, 0.5) is 5.82 Å². The van der Waals surface area contributed by atoms with Gasteiger partial charge in [0.2, 0.25) is 0 Å². The molecule has 1 aliphatic rings. The van der Waals surface area contributed by atoms with E-state index in [-0.39, 0.29) is 0 Å². The Morgan fingerprint density at radius 1 is 1.23 bits per heavy atom. The molecule has 2 aromatic heterocycles. The van der Waals surface area contributed by atoms with E-state index >= 15 is 0 Å². The minimum Gasteiger partial charge on any atom is -0.384 e. The fourth-order valence-electron chi connectivity index (χ4n) is 2.82. The van der Waals surface area contributed by atoms with Crippen molar-refractivity contribution in [3.05, 3.63) is 35.7 Å². The Hall–Kier alpha value is -1.27. The van der Waals surface area contributed by atoms with Crippen LogP contribution in [-0.4, -0.2) is 21.2 Å². The fraction of sp³-hybridized carbons (Fsp3) is 0.438. The summed E-state index contributed by atoms with van der Waals surface area (Å²) in [5.41, 5.74) is 8.34. The molecule has 2 N–H and O–H groups in total. The van der Waals surface area contributed by atoms with Gasteiger partial charge in [0.05, 0.1) is 5.69 Å². The number of thioether (sulfide) groups is 2. The molecule has 2 aromatic rings. The molecule has 0 radical (unpaired) electrons. The maximum atomic E-state index is 5.82. The summed E-state index contributed by atoms with van der Waals surface area (Å²) in [5, 5.41) is 1.63. The number of aromatic nitrogens is 3. The summed E-state index contributed by atoms with van der Waals surface area (Å²) >= 11 is 3.17. The summed E-state index contributed by atoms with van der Waals surface area (Å²) in [6.45, 7) is 0. The van der Waals surface area contributed by atoms with Crippen LogP contribution >= 0.6 is 23.5 Å². The molecule has 0 unspecified atom stereocenters. The topological polar surface area (TPSA) is 64.7 Å². The van der Waals surface area contributed by atoms with Gasteiger partial charge in [0.1, 0.15) is 10.8 Å². The third-order valence-corrected chi connectivity index (χ3v) is 5.44. The molecule has 2 heterocycles. The second-order valence-corrected chi connectivity index (χ2v) is 7.24. The third-order valence-electron chi connectivity index (χ3n) is 3.93. The molecule has 0 spiro atoms. The van der Waals surface area contributed by atoms with E-state index in [9.17, 15) is 0 Å². The van der Waals surface area contributed by atoms with Crippen LogP contribution < -0.4 is 5.73 Å². The molecule has 22 heavy (non-hydrogen) atoms. The number of nitrogens with two attached hydrogens (primary N) is 1. The van der Waals surface area contributed by atoms with Crippen molar-refractivity contribution in [1.82, 2.24) is 15.0 Å². The van der Waals surface area contributed by atoms with Crippen molar-refractivity contribution < 1.29 is 0 Å². The third kappa shape index (κ3) is 3.93. The van der Waals surface area contributed by atoms with E-state index in [4.69, 9.17) is 5.73 Å². The van der Waals surface area contributed by atoms with Gasteiger partial charge in [-0.15, -0.1) is 11.8 Å². The number of rotatable bonds is 5. The number of nitrogens with zero attached hydrogens (tertiary/aromatic N) is 3. The Balaban J connectivity index is 1.68. The van der Waals surface area contributed by atoms with Crippen molar-refractivity contribution in [3.8, 4) is 0 Å². The molecule has 3 rings (SSSR count). The van der Waals surface area contributed by atoms with Gasteiger partial charge in [0.15, 0.2) is 5.16 Å². The average Bonchev–Trinajstić information content (AvgIpc) is 3.07. The highest BCUT2D eigenvalue weighted by Crippen LogP contribution is 2.34. The Morgan fingerprint density at radius 2 is 2.05 bits per heavy atom. The summed E-state index contributed by atoms with van der Waals surface area (Å²) in [5.74, 6) is 2.02. The maximum absolute atomic E-state index is 5.82. The zero-order chi connectivity index (χ0) is 15.4. The summed E-state index contributed by atoms with van der Waals surface area (Å²) in [6.07, 6.45) is 9.25. The van der Waals surface area contributed by atoms with E-state index in [1.807, 2.05) is 12.5 Å². The Bertz CT molecular complexity index is 642. The molecule has 6 heteroatoms. The highest BCUT2D eigenvalue weighted by Gasteiger charge is 2.17. The van der Waals surface area contributed by atoms with E-state index in [0.29, 0.717) is 5.82 Å². The molecule has 0 atom stereocenters. The number of hydrogen-bond donors (Lipinski definition) is 1. The predicted molar refractivity (Wildman–Crippen MR) is 93.2 cm³/mol. The largest absolute Gasteiger partial charge is 0.384 e. The highest BCUT2D eigenvalue weighted by atomic mass is 32.2. The van der Waals surface area contributed by atoms with Crippen LogP contribution in [0.5, 0.6) is 0 Å². The minimum atomic E-state index is 0.523. The fourth-order valence-corrected chi connectivity index (χ4v) is 4.06. The van der Waals surface area contributed by atoms with Crippen LogP contribution in [0, 0.1) is 0 Å². The van der Waals surface area contributed by atoms with Crippen molar-refractivity contribution in [3.63, 3.8) is 0 Å². The summed E-state index contributed by atoms with van der Waals surface area (Å²) < 4.78 is 0. The molecular weight excluding hydrogens is 312 g/mol. The van der Waals surface area contributed by atoms with Gasteiger partial charge >= 0.3 is 0 Å². The molecule has 0 aliphatic heterocycles. The molecule has 1 fully saturated rings. The van der Waals surface area contributed by atoms with E-state index < -0.39 is 0 Å². The van der Waals surface area contributed by atoms with E-state index in [2.05, 4.69) is 27.1 Å². The molecular formula is C16H20N4S2. The molecule has 116 valence electrons. The molecule has 4 nitrogen and oxygen atoms in total. The van der Waals surface area contributed by atoms with Crippen molar-refractivity contribution in [2.45, 2.75) is 47.5 Å². The Morgan fingerprint density at radius 3 is 2.82 bits per heavy atom. The lowest BCUT2D eigenvalue weighted by molar-refractivity contribution is 0.720. The predicted octanol–water partition coefficient (Wildman–Crippen LogP) is 4.13. The van der Waals surface area contributed by atoms with Gasteiger partial charge in [0.25, 0.3) is 0 Å². The summed E-state index contributed by atoms with van der Waals surface area (Å²) in [6, 6.07) is 6.20. The van der Waals surface area contributed by atoms with E-state index in [1.165, 1.54) is 31.2 Å². The lowest BCUT2D eigenvalue weighted by Crippen LogP contribution is -1.98. The second-order valence-electron chi connectivity index (χ2n) is 5.47. The summed E-state index contributed by atoms with van der Waals surface area (Å²) in [7, 11) is 0. The van der Waals surface area contributed by atoms with Gasteiger partial charge < -0.3 is 5.73 Å². The van der Waals surface area contributed by atoms with E-state index in [1.54, 1.807) is 29.6 Å². The molecule has 0 bridgehead atoms. The summed E-state index contributed by atoms with van der Waals surface area (Å²) in [4.78, 5) is 13.2. The number of nitrogen functional groups attached to an aromatic ring is 1. The lowest BCUT2D eigenvalue weighted by Gasteiger charge is -2.10. The van der Waals surface area contributed by atoms with Gasteiger partial charge in [-0.05, 0) is 42.7 Å². The van der Waals surface area contributed by atoms with Gasteiger partial charge in [-0.25, -0.2) is 9.97 Å². The van der Waals surface area contributed by atoms with Gasteiger partial charge in [-0.3, -0.25) is 4.98 Å². The molecule has 0 amide bonds. The van der Waals surface area contributed by atoms with E-state index in [0.717, 1.165) is 27.5 Å². The van der Waals surface area contributed by atoms with Crippen molar-refractivity contribution in [1.29, 1.82) is 0 Å². The first-order valence-corrected chi connectivity index (χ1v) is 9.72. The van der Waals surface area contributed by atoms with Gasteiger partial charge in [-0.1, -0.05) is 24.6 Å². The van der Waals surface area contributed by atoms with Crippen LogP contribution in [0.1, 0.15) is 42.9 Å². The van der Waals surface area contributed by atoms with Gasteiger partial charge in [-0.2, -0.15) is 0 Å². The van der Waals surface area contributed by atoms with Crippen LogP contribution in [0.15, 0.2) is 34.6 Å². The Labute approximate surface area is 139 Å². The second kappa shape index (κ2) is 7.33. The van der Waals surface area contributed by atoms with Crippen LogP contribution in [0.3, 0.4) is 0 Å². The van der Waals surface area contributed by atoms with Crippen LogP contribution in [0.25, 0.3) is 0 Å². The standard InChI is InChI=1S/C16H20N4S2/c1-21-15-9-14(17)19-16(20-15)22-10-13-8-12(6-7-18-13)11-4-2-3-5-11/h6-9,11H,2-5,10H2,1H3,(H2,17,19,20). The van der Waals surface area contributed by atoms with Crippen LogP contribution in [0.2, 0.25) is 0 Å². The quantitative estimate of drug-likeness (QED) is 0.504. The lowest BCUT2D eigenvalue weighted by atomic mass is 9.98. The maximum Gasteiger partial charge on any atom is 0.190 e. The average molecular weight is 332 g/mol. The van der Waals surface area contributed by atoms with Crippen molar-refractivity contribution >= 4 is 29.3 Å². The molecule has 1 aliphatic carbocycles. The highest BCUT2D eigenvalue weighted by molar-refractivity contribution is 7.99. The van der Waals surface area contributed by atoms with Crippen molar-refractivity contribution in [2.24, 2.45) is 0 Å². The zero-order valence-corrected chi connectivity index (χ0v) is 14.3. The van der Waals surface area contributed by atoms with Crippen LogP contribution in [-0.2, 0) is 5.75 Å². The van der Waals surface area contributed by atoms with Gasteiger partial charge in [0, 0.05) is 18.0 Å². The van der Waals surface area contributed by atoms with Crippen molar-refractivity contribution in [2.75, 3.05) is 12.0 Å². The Kier molecular flexibility index (Phi) is 5.20. The first-order valence-electron chi connectivity index (χ1n) is 7.51. The first kappa shape index (κ1) is 15.6. The molecule has 1 saturated carbocycles. The number of hydrogen-bond acceptors (Lipinski definition) is 6. The molecule has 0 saturated heterocycles. The minimum absolute atomic E-state index is 0.523. The zero-order valence-electron chi connectivity index (χ0n) is 12.7.